The second kappa shape index (κ2) is 7.53. The molecule has 2 heterocycles. The fraction of sp³-hybridized carbons (Fsp3) is 0.529. The van der Waals surface area contributed by atoms with Crippen LogP contribution in [0.4, 0.5) is 0 Å². The maximum atomic E-state index is 12.7. The first-order valence-corrected chi connectivity index (χ1v) is 10.4. The van der Waals surface area contributed by atoms with Gasteiger partial charge in [-0.3, -0.25) is 9.59 Å². The molecule has 142 valence electrons. The van der Waals surface area contributed by atoms with E-state index in [-0.39, 0.29) is 23.0 Å². The minimum atomic E-state index is -3.34. The SMILES string of the molecule is CCCC(=O)N[C@@H]1CS(=O)(=O)C[C@@H]1NC(=O)c1cccc2c1OCCO2. The number of nitrogens with one attached hydrogen (secondary N) is 2. The molecule has 8 nitrogen and oxygen atoms in total. The van der Waals surface area contributed by atoms with Crippen LogP contribution in [0.1, 0.15) is 30.1 Å². The van der Waals surface area contributed by atoms with Gasteiger partial charge >= 0.3 is 0 Å². The van der Waals surface area contributed by atoms with E-state index >= 15 is 0 Å². The van der Waals surface area contributed by atoms with E-state index < -0.39 is 27.8 Å². The van der Waals surface area contributed by atoms with Crippen LogP contribution in [-0.2, 0) is 14.6 Å². The van der Waals surface area contributed by atoms with Crippen molar-refractivity contribution in [2.75, 3.05) is 24.7 Å². The highest BCUT2D eigenvalue weighted by Gasteiger charge is 2.39. The normalized spacial score (nSPS) is 23.3. The summed E-state index contributed by atoms with van der Waals surface area (Å²) < 4.78 is 35.0. The molecule has 9 heteroatoms. The summed E-state index contributed by atoms with van der Waals surface area (Å²) in [7, 11) is -3.34. The lowest BCUT2D eigenvalue weighted by Gasteiger charge is -2.23. The molecule has 2 amide bonds. The Bertz CT molecular complexity index is 807. The van der Waals surface area contributed by atoms with Gasteiger partial charge in [0.05, 0.1) is 29.2 Å². The quantitative estimate of drug-likeness (QED) is 0.756. The van der Waals surface area contributed by atoms with Gasteiger partial charge in [0.2, 0.25) is 5.91 Å². The Morgan fingerprint density at radius 3 is 2.54 bits per heavy atom. The number of benzene rings is 1. The van der Waals surface area contributed by atoms with Gasteiger partial charge in [-0.15, -0.1) is 0 Å². The van der Waals surface area contributed by atoms with E-state index in [0.29, 0.717) is 37.6 Å². The summed E-state index contributed by atoms with van der Waals surface area (Å²) >= 11 is 0. The van der Waals surface area contributed by atoms with Crippen LogP contribution in [-0.4, -0.2) is 57.0 Å². The van der Waals surface area contributed by atoms with Crippen molar-refractivity contribution in [1.82, 2.24) is 10.6 Å². The standard InChI is InChI=1S/C17H22N2O6S/c1-2-4-15(20)18-12-9-26(22,23)10-13(12)19-17(21)11-5-3-6-14-16(11)25-8-7-24-14/h3,5-6,12-13H,2,4,7-10H2,1H3,(H,18,20)(H,19,21)/t12-,13+/m1/s1. The summed E-state index contributed by atoms with van der Waals surface area (Å²) in [6, 6.07) is 3.65. The summed E-state index contributed by atoms with van der Waals surface area (Å²) in [5.74, 6) is -0.228. The van der Waals surface area contributed by atoms with Crippen LogP contribution >= 0.6 is 0 Å². The zero-order valence-electron chi connectivity index (χ0n) is 14.5. The maximum absolute atomic E-state index is 12.7. The fourth-order valence-corrected chi connectivity index (χ4v) is 5.00. The number of hydrogen-bond acceptors (Lipinski definition) is 6. The van der Waals surface area contributed by atoms with Crippen LogP contribution < -0.4 is 20.1 Å². The Morgan fingerprint density at radius 1 is 1.12 bits per heavy atom. The minimum Gasteiger partial charge on any atom is -0.486 e. The first-order valence-electron chi connectivity index (χ1n) is 8.59. The number of sulfone groups is 1. The van der Waals surface area contributed by atoms with Crippen molar-refractivity contribution >= 4 is 21.7 Å². The van der Waals surface area contributed by atoms with E-state index in [2.05, 4.69) is 10.6 Å². The Morgan fingerprint density at radius 2 is 1.81 bits per heavy atom. The predicted octanol–water partition coefficient (Wildman–Crippen LogP) is 0.270. The largest absolute Gasteiger partial charge is 0.486 e. The molecule has 0 bridgehead atoms. The second-order valence-corrected chi connectivity index (χ2v) is 8.56. The zero-order chi connectivity index (χ0) is 18.7. The third-order valence-electron chi connectivity index (χ3n) is 4.30. The molecule has 0 aromatic heterocycles. The molecule has 0 radical (unpaired) electrons. The van der Waals surface area contributed by atoms with E-state index in [4.69, 9.17) is 9.47 Å². The number of rotatable bonds is 5. The van der Waals surface area contributed by atoms with Crippen LogP contribution in [0.2, 0.25) is 0 Å². The van der Waals surface area contributed by atoms with Crippen LogP contribution in [0, 0.1) is 0 Å². The molecule has 2 aliphatic rings. The number of hydrogen-bond donors (Lipinski definition) is 2. The lowest BCUT2D eigenvalue weighted by Crippen LogP contribution is -2.51. The molecule has 2 atom stereocenters. The van der Waals surface area contributed by atoms with E-state index in [1.807, 2.05) is 6.92 Å². The lowest BCUT2D eigenvalue weighted by molar-refractivity contribution is -0.121. The highest BCUT2D eigenvalue weighted by molar-refractivity contribution is 7.91. The average molecular weight is 382 g/mol. The summed E-state index contributed by atoms with van der Waals surface area (Å²) in [4.78, 5) is 24.5. The van der Waals surface area contributed by atoms with Crippen molar-refractivity contribution in [2.24, 2.45) is 0 Å². The van der Waals surface area contributed by atoms with Crippen LogP contribution in [0.5, 0.6) is 11.5 Å². The Balaban J connectivity index is 1.76. The van der Waals surface area contributed by atoms with Gasteiger partial charge in [0.25, 0.3) is 5.91 Å². The third-order valence-corrected chi connectivity index (χ3v) is 6.04. The first-order chi connectivity index (χ1) is 12.4. The molecule has 0 unspecified atom stereocenters. The molecule has 26 heavy (non-hydrogen) atoms. The van der Waals surface area contributed by atoms with E-state index in [0.717, 1.165) is 0 Å². The molecule has 0 spiro atoms. The maximum Gasteiger partial charge on any atom is 0.255 e. The summed E-state index contributed by atoms with van der Waals surface area (Å²) in [6.45, 7) is 2.61. The number of amides is 2. The van der Waals surface area contributed by atoms with Gasteiger partial charge in [-0.05, 0) is 18.6 Å². The molecule has 1 aromatic carbocycles. The molecular formula is C17H22N2O6S. The van der Waals surface area contributed by atoms with Crippen molar-refractivity contribution in [3.05, 3.63) is 23.8 Å². The van der Waals surface area contributed by atoms with Gasteiger partial charge in [-0.25, -0.2) is 8.42 Å². The van der Waals surface area contributed by atoms with Crippen molar-refractivity contribution < 1.29 is 27.5 Å². The van der Waals surface area contributed by atoms with Crippen LogP contribution in [0.15, 0.2) is 18.2 Å². The fourth-order valence-electron chi connectivity index (χ4n) is 3.14. The minimum absolute atomic E-state index is 0.181. The summed E-state index contributed by atoms with van der Waals surface area (Å²) in [6.07, 6.45) is 0.977. The van der Waals surface area contributed by atoms with Crippen molar-refractivity contribution in [1.29, 1.82) is 0 Å². The molecule has 3 rings (SSSR count). The van der Waals surface area contributed by atoms with Gasteiger partial charge in [0, 0.05) is 6.42 Å². The molecular weight excluding hydrogens is 360 g/mol. The van der Waals surface area contributed by atoms with Crippen molar-refractivity contribution in [2.45, 2.75) is 31.8 Å². The van der Waals surface area contributed by atoms with E-state index in [9.17, 15) is 18.0 Å². The topological polar surface area (TPSA) is 111 Å². The summed E-state index contributed by atoms with van der Waals surface area (Å²) in [5, 5.41) is 5.45. The second-order valence-electron chi connectivity index (χ2n) is 6.41. The Hall–Kier alpha value is -2.29. The number of ether oxygens (including phenoxy) is 2. The third kappa shape index (κ3) is 4.09. The summed E-state index contributed by atoms with van der Waals surface area (Å²) in [5.41, 5.74) is 0.283. The Labute approximate surface area is 152 Å². The van der Waals surface area contributed by atoms with Gasteiger partial charge in [-0.2, -0.15) is 0 Å². The molecule has 2 aliphatic heterocycles. The highest BCUT2D eigenvalue weighted by atomic mass is 32.2. The number of carbonyl (C=O) groups is 2. The van der Waals surface area contributed by atoms with Gasteiger partial charge in [-0.1, -0.05) is 13.0 Å². The molecule has 1 aromatic rings. The predicted molar refractivity (Wildman–Crippen MR) is 94.2 cm³/mol. The van der Waals surface area contributed by atoms with Crippen LogP contribution in [0.25, 0.3) is 0 Å². The van der Waals surface area contributed by atoms with Gasteiger partial charge < -0.3 is 20.1 Å². The van der Waals surface area contributed by atoms with Gasteiger partial charge in [0.1, 0.15) is 13.2 Å². The average Bonchev–Trinajstić information content (AvgIpc) is 2.87. The molecule has 0 saturated carbocycles. The number of carbonyl (C=O) groups excluding carboxylic acids is 2. The van der Waals surface area contributed by atoms with Crippen molar-refractivity contribution in [3.8, 4) is 11.5 Å². The smallest absolute Gasteiger partial charge is 0.255 e. The highest BCUT2D eigenvalue weighted by Crippen LogP contribution is 2.33. The Kier molecular flexibility index (Phi) is 5.36. The van der Waals surface area contributed by atoms with E-state index in [1.54, 1.807) is 18.2 Å². The molecule has 1 fully saturated rings. The monoisotopic (exact) mass is 382 g/mol. The van der Waals surface area contributed by atoms with E-state index in [1.165, 1.54) is 0 Å². The van der Waals surface area contributed by atoms with Crippen LogP contribution in [0.3, 0.4) is 0 Å². The van der Waals surface area contributed by atoms with Crippen molar-refractivity contribution in [3.63, 3.8) is 0 Å². The zero-order valence-corrected chi connectivity index (χ0v) is 15.3. The van der Waals surface area contributed by atoms with Gasteiger partial charge in [0.15, 0.2) is 21.3 Å². The molecule has 1 saturated heterocycles. The molecule has 2 N–H and O–H groups in total. The number of para-hydroxylation sites is 1. The first kappa shape index (κ1) is 18.5. The lowest BCUT2D eigenvalue weighted by atomic mass is 10.1. The number of fused-ring (bicyclic) bond motifs is 1. The molecule has 0 aliphatic carbocycles.